The zero-order valence-electron chi connectivity index (χ0n) is 19.8. The highest BCUT2D eigenvalue weighted by Crippen LogP contribution is 2.38. The van der Waals surface area contributed by atoms with Gasteiger partial charge in [-0.2, -0.15) is 0 Å². The smallest absolute Gasteiger partial charge is 0.341 e. The van der Waals surface area contributed by atoms with Gasteiger partial charge in [0.15, 0.2) is 0 Å². The number of imide groups is 1. The van der Waals surface area contributed by atoms with E-state index in [-0.39, 0.29) is 37.3 Å². The van der Waals surface area contributed by atoms with E-state index in [0.717, 1.165) is 16.7 Å². The second-order valence-electron chi connectivity index (χ2n) is 8.35. The maximum absolute atomic E-state index is 12.8. The van der Waals surface area contributed by atoms with Crippen LogP contribution < -0.4 is 5.32 Å². The molecule has 0 radical (unpaired) electrons. The van der Waals surface area contributed by atoms with E-state index in [0.29, 0.717) is 33.7 Å². The molecule has 3 aromatic rings. The summed E-state index contributed by atoms with van der Waals surface area (Å²) in [4.78, 5) is 51.7. The second kappa shape index (κ2) is 10.2. The number of amides is 3. The molecule has 1 aliphatic heterocycles. The van der Waals surface area contributed by atoms with Crippen LogP contribution in [0.15, 0.2) is 47.8 Å². The number of rotatable bonds is 8. The van der Waals surface area contributed by atoms with Crippen LogP contribution in [0.4, 0.5) is 5.00 Å². The highest BCUT2D eigenvalue weighted by atomic mass is 32.1. The van der Waals surface area contributed by atoms with Gasteiger partial charge in [0, 0.05) is 23.9 Å². The Labute approximate surface area is 207 Å². The average molecular weight is 491 g/mol. The Balaban J connectivity index is 1.46. The van der Waals surface area contributed by atoms with Gasteiger partial charge in [0.05, 0.1) is 17.7 Å². The number of fused-ring (bicyclic) bond motifs is 1. The molecule has 1 N–H and O–H groups in total. The van der Waals surface area contributed by atoms with E-state index in [1.165, 1.54) is 16.2 Å². The summed E-state index contributed by atoms with van der Waals surface area (Å²) in [5.74, 6) is -1.48. The number of carbonyl (C=O) groups excluding carboxylic acids is 4. The summed E-state index contributed by atoms with van der Waals surface area (Å²) in [7, 11) is 0. The molecule has 35 heavy (non-hydrogen) atoms. The second-order valence-corrected chi connectivity index (χ2v) is 9.23. The van der Waals surface area contributed by atoms with Crippen LogP contribution >= 0.6 is 11.3 Å². The summed E-state index contributed by atoms with van der Waals surface area (Å²) in [6, 6.07) is 12.7. The van der Waals surface area contributed by atoms with E-state index in [1.54, 1.807) is 31.2 Å². The van der Waals surface area contributed by atoms with Crippen molar-refractivity contribution in [2.24, 2.45) is 0 Å². The summed E-state index contributed by atoms with van der Waals surface area (Å²) in [6.07, 6.45) is 0.397. The molecule has 2 heterocycles. The number of hydrogen-bond donors (Lipinski definition) is 1. The van der Waals surface area contributed by atoms with Crippen LogP contribution in [0.25, 0.3) is 11.1 Å². The van der Waals surface area contributed by atoms with E-state index >= 15 is 0 Å². The normalized spacial score (nSPS) is 12.6. The summed E-state index contributed by atoms with van der Waals surface area (Å²) in [5, 5.41) is 5.09. The highest BCUT2D eigenvalue weighted by Gasteiger charge is 2.34. The summed E-state index contributed by atoms with van der Waals surface area (Å²) in [5.41, 5.74) is 4.86. The van der Waals surface area contributed by atoms with Crippen LogP contribution in [0.2, 0.25) is 0 Å². The standard InChI is InChI=1S/C27H26N2O5S/c1-4-34-27(33)23-21(18-12-11-16(2)14-17(18)3)15-35-24(23)28-22(30)10-7-13-29-25(31)19-8-5-6-9-20(19)26(29)32/h5-6,8-9,11-12,14-15H,4,7,10,13H2,1-3H3,(H,28,30). The maximum atomic E-state index is 12.8. The van der Waals surface area contributed by atoms with Gasteiger partial charge in [-0.3, -0.25) is 19.3 Å². The molecule has 1 aliphatic rings. The number of esters is 1. The fraction of sp³-hybridized carbons (Fsp3) is 0.259. The number of ether oxygens (including phenoxy) is 1. The molecule has 3 amide bonds. The molecule has 0 saturated carbocycles. The van der Waals surface area contributed by atoms with Crippen molar-refractivity contribution in [2.45, 2.75) is 33.6 Å². The third-order valence-corrected chi connectivity index (χ3v) is 6.75. The van der Waals surface area contributed by atoms with E-state index in [1.807, 2.05) is 37.4 Å². The van der Waals surface area contributed by atoms with Crippen LogP contribution in [-0.4, -0.2) is 41.7 Å². The first-order chi connectivity index (χ1) is 16.8. The van der Waals surface area contributed by atoms with E-state index < -0.39 is 5.97 Å². The van der Waals surface area contributed by atoms with Gasteiger partial charge < -0.3 is 10.1 Å². The fourth-order valence-electron chi connectivity index (χ4n) is 4.20. The zero-order chi connectivity index (χ0) is 25.1. The maximum Gasteiger partial charge on any atom is 0.341 e. The number of aryl methyl sites for hydroxylation is 2. The van der Waals surface area contributed by atoms with Crippen LogP contribution in [-0.2, 0) is 9.53 Å². The molecule has 0 aliphatic carbocycles. The predicted molar refractivity (Wildman–Crippen MR) is 135 cm³/mol. The Morgan fingerprint density at radius 3 is 2.29 bits per heavy atom. The van der Waals surface area contributed by atoms with Gasteiger partial charge >= 0.3 is 5.97 Å². The summed E-state index contributed by atoms with van der Waals surface area (Å²) in [6.45, 7) is 6.08. The van der Waals surface area contributed by atoms with Gasteiger partial charge in [-0.25, -0.2) is 4.79 Å². The molecule has 1 aromatic heterocycles. The number of nitrogens with zero attached hydrogens (tertiary/aromatic N) is 1. The Bertz CT molecular complexity index is 1290. The highest BCUT2D eigenvalue weighted by molar-refractivity contribution is 7.15. The molecule has 0 unspecified atom stereocenters. The minimum Gasteiger partial charge on any atom is -0.462 e. The average Bonchev–Trinajstić information content (AvgIpc) is 3.34. The lowest BCUT2D eigenvalue weighted by atomic mass is 9.97. The summed E-state index contributed by atoms with van der Waals surface area (Å²) >= 11 is 1.27. The number of anilines is 1. The van der Waals surface area contributed by atoms with Crippen molar-refractivity contribution in [1.82, 2.24) is 4.90 Å². The molecule has 180 valence electrons. The monoisotopic (exact) mass is 490 g/mol. The van der Waals surface area contributed by atoms with Crippen molar-refractivity contribution in [1.29, 1.82) is 0 Å². The quantitative estimate of drug-likeness (QED) is 0.345. The minimum absolute atomic E-state index is 0.0897. The molecule has 7 nitrogen and oxygen atoms in total. The number of nitrogens with one attached hydrogen (secondary N) is 1. The molecule has 0 saturated heterocycles. The van der Waals surface area contributed by atoms with Gasteiger partial charge in [-0.15, -0.1) is 11.3 Å². The molecular formula is C27H26N2O5S. The summed E-state index contributed by atoms with van der Waals surface area (Å²) < 4.78 is 5.27. The number of carbonyl (C=O) groups is 4. The first kappa shape index (κ1) is 24.3. The molecule has 0 fully saturated rings. The molecule has 0 atom stereocenters. The third-order valence-electron chi connectivity index (χ3n) is 5.86. The van der Waals surface area contributed by atoms with E-state index in [2.05, 4.69) is 5.32 Å². The van der Waals surface area contributed by atoms with Gasteiger partial charge in [-0.1, -0.05) is 35.9 Å². The third kappa shape index (κ3) is 4.88. The number of hydrogen-bond acceptors (Lipinski definition) is 6. The van der Waals surface area contributed by atoms with Gasteiger partial charge in [0.25, 0.3) is 11.8 Å². The molecule has 0 spiro atoms. The predicted octanol–water partition coefficient (Wildman–Crippen LogP) is 5.22. The molecule has 2 aromatic carbocycles. The van der Waals surface area contributed by atoms with Gasteiger partial charge in [0.2, 0.25) is 5.91 Å². The van der Waals surface area contributed by atoms with Crippen LogP contribution in [0.1, 0.15) is 62.0 Å². The van der Waals surface area contributed by atoms with Crippen LogP contribution in [0, 0.1) is 13.8 Å². The molecular weight excluding hydrogens is 464 g/mol. The topological polar surface area (TPSA) is 92.8 Å². The van der Waals surface area contributed by atoms with Crippen LogP contribution in [0.5, 0.6) is 0 Å². The van der Waals surface area contributed by atoms with Gasteiger partial charge in [0.1, 0.15) is 10.6 Å². The van der Waals surface area contributed by atoms with Crippen molar-refractivity contribution in [3.8, 4) is 11.1 Å². The van der Waals surface area contributed by atoms with E-state index in [4.69, 9.17) is 4.74 Å². The SMILES string of the molecule is CCOC(=O)c1c(-c2ccc(C)cc2C)csc1NC(=O)CCCN1C(=O)c2ccccc2C1=O. The Kier molecular flexibility index (Phi) is 7.12. The van der Waals surface area contributed by atoms with Crippen LogP contribution in [0.3, 0.4) is 0 Å². The van der Waals surface area contributed by atoms with E-state index in [9.17, 15) is 19.2 Å². The van der Waals surface area contributed by atoms with Crippen molar-refractivity contribution >= 4 is 40.0 Å². The minimum atomic E-state index is -0.495. The Morgan fingerprint density at radius 2 is 1.66 bits per heavy atom. The van der Waals surface area contributed by atoms with Gasteiger partial charge in [-0.05, 0) is 50.5 Å². The molecule has 8 heteroatoms. The lowest BCUT2D eigenvalue weighted by Gasteiger charge is -2.13. The van der Waals surface area contributed by atoms with Crippen molar-refractivity contribution < 1.29 is 23.9 Å². The number of thiophene rings is 1. The first-order valence-corrected chi connectivity index (χ1v) is 12.3. The van der Waals surface area contributed by atoms with Crippen molar-refractivity contribution in [3.05, 3.63) is 75.7 Å². The largest absolute Gasteiger partial charge is 0.462 e. The fourth-order valence-corrected chi connectivity index (χ4v) is 5.16. The lowest BCUT2D eigenvalue weighted by Crippen LogP contribution is -2.31. The Hall–Kier alpha value is -3.78. The molecule has 0 bridgehead atoms. The first-order valence-electron chi connectivity index (χ1n) is 11.4. The number of benzene rings is 2. The lowest BCUT2D eigenvalue weighted by molar-refractivity contribution is -0.116. The molecule has 4 rings (SSSR count). The Morgan fingerprint density at radius 1 is 0.971 bits per heavy atom. The van der Waals surface area contributed by atoms with Crippen molar-refractivity contribution in [3.63, 3.8) is 0 Å². The zero-order valence-corrected chi connectivity index (χ0v) is 20.7. The van der Waals surface area contributed by atoms with Crippen molar-refractivity contribution in [2.75, 3.05) is 18.5 Å².